The smallest absolute Gasteiger partial charge is 0.317 e. The summed E-state index contributed by atoms with van der Waals surface area (Å²) in [7, 11) is 0. The molecule has 4 bridgehead atoms. The number of nitrogens with two attached hydrogens (primary N) is 2. The number of hydrogen-bond acceptors (Lipinski definition) is 5. The molecule has 0 saturated heterocycles. The van der Waals surface area contributed by atoms with E-state index < -0.39 is 11.9 Å². The molecule has 0 spiro atoms. The van der Waals surface area contributed by atoms with Crippen molar-refractivity contribution in [3.8, 4) is 0 Å². The Balaban J connectivity index is 1.53. The molecule has 0 unspecified atom stereocenters. The fraction of sp³-hybridized carbons (Fsp3) is 0.429. The van der Waals surface area contributed by atoms with Crippen LogP contribution in [0.5, 0.6) is 0 Å². The lowest BCUT2D eigenvalue weighted by molar-refractivity contribution is -0.126. The molecule has 4 fully saturated rings. The van der Waals surface area contributed by atoms with E-state index >= 15 is 0 Å². The van der Waals surface area contributed by atoms with Crippen molar-refractivity contribution in [2.75, 3.05) is 10.6 Å². The Bertz CT molecular complexity index is 773. The van der Waals surface area contributed by atoms with Gasteiger partial charge in [-0.1, -0.05) is 11.3 Å². The Hall–Kier alpha value is -2.42. The first-order valence-electron chi connectivity index (χ1n) is 7.23. The Morgan fingerprint density at radius 1 is 1.22 bits per heavy atom. The number of Topliss-reactive ketones (excluding diaryl/α,β-unsaturated/α-hetero) is 1. The summed E-state index contributed by atoms with van der Waals surface area (Å²) in [6.07, 6.45) is 0.817. The molecule has 0 radical (unpaired) electrons. The standard InChI is InChI=1S/C14H14N4O4S/c15-11(20)5-2-6(23-13(5)18-14(16)22)17-12(21)9-4-1-3-7(9)8(3)10(4)19/h2-4,7-9H,1H2,(H2,15,20)(H,17,21)(H3,16,18,22)/t3-,4+,7+,8-,9-/m1/s1. The number of hydrogen-bond donors (Lipinski definition) is 4. The Kier molecular flexibility index (Phi) is 2.80. The van der Waals surface area contributed by atoms with Crippen molar-refractivity contribution in [1.82, 2.24) is 0 Å². The number of carbonyl (C=O) groups excluding carboxylic acids is 4. The van der Waals surface area contributed by atoms with Crippen LogP contribution in [0.3, 0.4) is 0 Å². The number of rotatable bonds is 4. The van der Waals surface area contributed by atoms with Crippen molar-refractivity contribution in [1.29, 1.82) is 0 Å². The lowest BCUT2D eigenvalue weighted by Gasteiger charge is -2.12. The monoisotopic (exact) mass is 334 g/mol. The fourth-order valence-corrected chi connectivity index (χ4v) is 5.22. The fourth-order valence-electron chi connectivity index (χ4n) is 4.25. The molecule has 5 rings (SSSR count). The van der Waals surface area contributed by atoms with E-state index in [-0.39, 0.29) is 45.9 Å². The number of carbonyl (C=O) groups is 4. The van der Waals surface area contributed by atoms with E-state index in [1.54, 1.807) is 0 Å². The minimum Gasteiger partial charge on any atom is -0.366 e. The third-order valence-corrected chi connectivity index (χ3v) is 6.05. The number of urea groups is 1. The summed E-state index contributed by atoms with van der Waals surface area (Å²) >= 11 is 1.00. The highest BCUT2D eigenvalue weighted by molar-refractivity contribution is 7.20. The minimum absolute atomic E-state index is 0.0835. The number of thiophene rings is 1. The summed E-state index contributed by atoms with van der Waals surface area (Å²) < 4.78 is 0. The van der Waals surface area contributed by atoms with Gasteiger partial charge in [-0.25, -0.2) is 4.79 Å². The molecular weight excluding hydrogens is 320 g/mol. The van der Waals surface area contributed by atoms with Gasteiger partial charge < -0.3 is 16.8 Å². The first kappa shape index (κ1) is 14.2. The number of ketones is 1. The normalized spacial score (nSPS) is 32.7. The van der Waals surface area contributed by atoms with E-state index in [1.807, 2.05) is 0 Å². The van der Waals surface area contributed by atoms with Crippen LogP contribution in [0.1, 0.15) is 16.8 Å². The molecule has 4 amide bonds. The molecule has 9 heteroatoms. The van der Waals surface area contributed by atoms with Crippen molar-refractivity contribution in [3.05, 3.63) is 11.6 Å². The Morgan fingerprint density at radius 2 is 1.96 bits per heavy atom. The zero-order chi connectivity index (χ0) is 16.5. The molecule has 23 heavy (non-hydrogen) atoms. The maximum absolute atomic E-state index is 12.5. The van der Waals surface area contributed by atoms with Gasteiger partial charge in [-0.05, 0) is 24.3 Å². The van der Waals surface area contributed by atoms with E-state index in [4.69, 9.17) is 11.5 Å². The van der Waals surface area contributed by atoms with Crippen molar-refractivity contribution in [2.24, 2.45) is 41.1 Å². The van der Waals surface area contributed by atoms with Gasteiger partial charge >= 0.3 is 6.03 Å². The van der Waals surface area contributed by atoms with E-state index in [0.29, 0.717) is 10.9 Å². The number of primary amides is 2. The maximum atomic E-state index is 12.5. The second kappa shape index (κ2) is 4.54. The third-order valence-electron chi connectivity index (χ3n) is 5.08. The molecule has 8 nitrogen and oxygen atoms in total. The number of anilines is 2. The van der Waals surface area contributed by atoms with E-state index in [0.717, 1.165) is 17.8 Å². The van der Waals surface area contributed by atoms with Crippen LogP contribution in [0.2, 0.25) is 0 Å². The van der Waals surface area contributed by atoms with E-state index in [2.05, 4.69) is 10.6 Å². The van der Waals surface area contributed by atoms with Crippen LogP contribution in [0.15, 0.2) is 6.07 Å². The van der Waals surface area contributed by atoms with Crippen LogP contribution in [0.4, 0.5) is 14.8 Å². The molecule has 120 valence electrons. The van der Waals surface area contributed by atoms with Crippen LogP contribution in [-0.2, 0) is 9.59 Å². The average molecular weight is 334 g/mol. The number of amides is 4. The molecule has 4 saturated carbocycles. The van der Waals surface area contributed by atoms with Crippen molar-refractivity contribution in [2.45, 2.75) is 6.42 Å². The Labute approximate surface area is 134 Å². The SMILES string of the molecule is NC(=O)Nc1sc(NC(=O)[C@H]2[C@H]3[C@H]4C[C@@H]2C(=O)[C@H]43)cc1C(N)=O. The van der Waals surface area contributed by atoms with Crippen LogP contribution in [0.25, 0.3) is 0 Å². The second-order valence-electron chi connectivity index (χ2n) is 6.23. The van der Waals surface area contributed by atoms with E-state index in [9.17, 15) is 19.2 Å². The van der Waals surface area contributed by atoms with Crippen molar-refractivity contribution >= 4 is 45.0 Å². The first-order valence-corrected chi connectivity index (χ1v) is 8.05. The van der Waals surface area contributed by atoms with Gasteiger partial charge in [-0.15, -0.1) is 0 Å². The van der Waals surface area contributed by atoms with Crippen molar-refractivity contribution in [3.63, 3.8) is 0 Å². The summed E-state index contributed by atoms with van der Waals surface area (Å²) in [5.41, 5.74) is 10.4. The van der Waals surface area contributed by atoms with Crippen LogP contribution < -0.4 is 22.1 Å². The predicted molar refractivity (Wildman–Crippen MR) is 81.7 cm³/mol. The zero-order valence-corrected chi connectivity index (χ0v) is 12.7. The molecule has 0 aromatic carbocycles. The van der Waals surface area contributed by atoms with Crippen molar-refractivity contribution < 1.29 is 19.2 Å². The zero-order valence-electron chi connectivity index (χ0n) is 11.9. The molecule has 5 atom stereocenters. The molecule has 6 N–H and O–H groups in total. The van der Waals surface area contributed by atoms with Gasteiger partial charge in [-0.3, -0.25) is 19.7 Å². The van der Waals surface area contributed by atoms with Gasteiger partial charge in [0.1, 0.15) is 10.8 Å². The van der Waals surface area contributed by atoms with Gasteiger partial charge in [0.05, 0.1) is 16.5 Å². The lowest BCUT2D eigenvalue weighted by Crippen LogP contribution is -2.26. The second-order valence-corrected chi connectivity index (χ2v) is 7.29. The summed E-state index contributed by atoms with van der Waals surface area (Å²) in [5.74, 6) is -0.485. The highest BCUT2D eigenvalue weighted by atomic mass is 32.1. The van der Waals surface area contributed by atoms with Gasteiger partial charge in [0.15, 0.2) is 0 Å². The van der Waals surface area contributed by atoms with Gasteiger partial charge in [-0.2, -0.15) is 0 Å². The molecule has 4 aliphatic rings. The van der Waals surface area contributed by atoms with Gasteiger partial charge in [0, 0.05) is 11.8 Å². The lowest BCUT2D eigenvalue weighted by atomic mass is 9.97. The molecule has 1 aromatic heterocycles. The van der Waals surface area contributed by atoms with Crippen LogP contribution >= 0.6 is 11.3 Å². The summed E-state index contributed by atoms with van der Waals surface area (Å²) in [6, 6.07) is 0.581. The van der Waals surface area contributed by atoms with Crippen LogP contribution in [-0.4, -0.2) is 23.6 Å². The molecule has 1 aromatic rings. The predicted octanol–water partition coefficient (Wildman–Crippen LogP) is 0.357. The molecule has 4 aliphatic carbocycles. The third kappa shape index (κ3) is 1.96. The van der Waals surface area contributed by atoms with Gasteiger partial charge in [0.2, 0.25) is 5.91 Å². The minimum atomic E-state index is -0.824. The van der Waals surface area contributed by atoms with Crippen LogP contribution in [0, 0.1) is 29.6 Å². The number of nitrogens with one attached hydrogen (secondary N) is 2. The molecule has 1 heterocycles. The quantitative estimate of drug-likeness (QED) is 0.630. The highest BCUT2D eigenvalue weighted by Crippen LogP contribution is 2.71. The highest BCUT2D eigenvalue weighted by Gasteiger charge is 2.75. The largest absolute Gasteiger partial charge is 0.366 e. The molecule has 0 aliphatic heterocycles. The summed E-state index contributed by atoms with van der Waals surface area (Å²) in [4.78, 5) is 46.7. The summed E-state index contributed by atoms with van der Waals surface area (Å²) in [6.45, 7) is 0. The first-order chi connectivity index (χ1) is 10.9. The average Bonchev–Trinajstić information content (AvgIpc) is 2.82. The van der Waals surface area contributed by atoms with Gasteiger partial charge in [0.25, 0.3) is 5.91 Å². The Morgan fingerprint density at radius 3 is 2.43 bits per heavy atom. The molecular formula is C14H14N4O4S. The maximum Gasteiger partial charge on any atom is 0.317 e. The topological polar surface area (TPSA) is 144 Å². The summed E-state index contributed by atoms with van der Waals surface area (Å²) in [5, 5.41) is 5.63. The van der Waals surface area contributed by atoms with E-state index in [1.165, 1.54) is 6.07 Å².